The normalized spacial score (nSPS) is 17.4. The fraction of sp³-hybridized carbons (Fsp3) is 0.625. The van der Waals surface area contributed by atoms with Gasteiger partial charge in [-0.25, -0.2) is 0 Å². The Kier molecular flexibility index (Phi) is 4.22. The summed E-state index contributed by atoms with van der Waals surface area (Å²) >= 11 is 0. The van der Waals surface area contributed by atoms with Crippen LogP contribution < -0.4 is 5.73 Å². The zero-order valence-electron chi connectivity index (χ0n) is 11.2. The van der Waals surface area contributed by atoms with E-state index in [0.29, 0.717) is 12.0 Å². The Labute approximate surface area is 105 Å². The quantitative estimate of drug-likeness (QED) is 0.790. The number of hydrogen-bond acceptors (Lipinski definition) is 1. The van der Waals surface area contributed by atoms with Gasteiger partial charge in [0.1, 0.15) is 0 Å². The van der Waals surface area contributed by atoms with Gasteiger partial charge < -0.3 is 5.73 Å². The lowest BCUT2D eigenvalue weighted by atomic mass is 9.98. The van der Waals surface area contributed by atoms with E-state index < -0.39 is 0 Å². The Hall–Kier alpha value is -0.820. The molecule has 0 radical (unpaired) electrons. The maximum absolute atomic E-state index is 6.11. The molecule has 1 aliphatic rings. The van der Waals surface area contributed by atoms with Crippen LogP contribution in [0.4, 0.5) is 0 Å². The molecule has 1 unspecified atom stereocenters. The predicted octanol–water partition coefficient (Wildman–Crippen LogP) is 3.87. The van der Waals surface area contributed by atoms with Crippen molar-refractivity contribution >= 4 is 0 Å². The summed E-state index contributed by atoms with van der Waals surface area (Å²) in [6.45, 7) is 4.48. The second-order valence-electron chi connectivity index (χ2n) is 5.79. The lowest BCUT2D eigenvalue weighted by Crippen LogP contribution is -2.22. The van der Waals surface area contributed by atoms with Crippen molar-refractivity contribution in [3.8, 4) is 0 Å². The van der Waals surface area contributed by atoms with Gasteiger partial charge in [0.2, 0.25) is 0 Å². The smallest absolute Gasteiger partial charge is 0.00672 e. The van der Waals surface area contributed by atoms with Crippen molar-refractivity contribution in [2.24, 2.45) is 11.7 Å². The standard InChI is InChI=1S/C16H25N/c1-12(2)14-8-6-13(7-9-14)4-3-5-16(17)15-10-11-15/h6-9,12,15-16H,3-5,10-11,17H2,1-2H3. The molecule has 1 atom stereocenters. The number of hydrogen-bond donors (Lipinski definition) is 1. The van der Waals surface area contributed by atoms with E-state index >= 15 is 0 Å². The molecule has 0 aromatic heterocycles. The first-order chi connectivity index (χ1) is 8.16. The third kappa shape index (κ3) is 3.85. The molecule has 1 heteroatoms. The van der Waals surface area contributed by atoms with Gasteiger partial charge in [0.15, 0.2) is 0 Å². The molecule has 2 rings (SSSR count). The molecule has 0 heterocycles. The molecule has 1 fully saturated rings. The van der Waals surface area contributed by atoms with Gasteiger partial charge in [0.05, 0.1) is 0 Å². The molecule has 94 valence electrons. The second-order valence-corrected chi connectivity index (χ2v) is 5.79. The maximum atomic E-state index is 6.11. The van der Waals surface area contributed by atoms with Crippen molar-refractivity contribution in [3.63, 3.8) is 0 Å². The minimum Gasteiger partial charge on any atom is -0.327 e. The summed E-state index contributed by atoms with van der Waals surface area (Å²) in [5, 5.41) is 0. The number of nitrogens with two attached hydrogens (primary N) is 1. The summed E-state index contributed by atoms with van der Waals surface area (Å²) in [4.78, 5) is 0. The van der Waals surface area contributed by atoms with Crippen LogP contribution in [0.25, 0.3) is 0 Å². The van der Waals surface area contributed by atoms with Crippen molar-refractivity contribution in [2.45, 2.75) is 57.9 Å². The molecule has 0 spiro atoms. The van der Waals surface area contributed by atoms with E-state index in [9.17, 15) is 0 Å². The maximum Gasteiger partial charge on any atom is 0.00672 e. The topological polar surface area (TPSA) is 26.0 Å². The van der Waals surface area contributed by atoms with Gasteiger partial charge in [-0.2, -0.15) is 0 Å². The first kappa shape index (κ1) is 12.6. The van der Waals surface area contributed by atoms with E-state index in [2.05, 4.69) is 38.1 Å². The van der Waals surface area contributed by atoms with E-state index in [1.54, 1.807) is 0 Å². The molecule has 0 amide bonds. The monoisotopic (exact) mass is 231 g/mol. The molecule has 1 aliphatic carbocycles. The highest BCUT2D eigenvalue weighted by molar-refractivity contribution is 5.24. The van der Waals surface area contributed by atoms with Crippen LogP contribution in [0, 0.1) is 5.92 Å². The van der Waals surface area contributed by atoms with Crippen molar-refractivity contribution in [3.05, 3.63) is 35.4 Å². The molecule has 0 aliphatic heterocycles. The Morgan fingerprint density at radius 2 is 1.82 bits per heavy atom. The van der Waals surface area contributed by atoms with Gasteiger partial charge in [-0.1, -0.05) is 38.1 Å². The van der Waals surface area contributed by atoms with Gasteiger partial charge in [0.25, 0.3) is 0 Å². The zero-order valence-corrected chi connectivity index (χ0v) is 11.2. The number of benzene rings is 1. The van der Waals surface area contributed by atoms with Crippen LogP contribution in [-0.4, -0.2) is 6.04 Å². The van der Waals surface area contributed by atoms with E-state index in [-0.39, 0.29) is 0 Å². The fourth-order valence-electron chi connectivity index (χ4n) is 2.37. The van der Waals surface area contributed by atoms with Crippen LogP contribution >= 0.6 is 0 Å². The van der Waals surface area contributed by atoms with Crippen molar-refractivity contribution < 1.29 is 0 Å². The first-order valence-corrected chi connectivity index (χ1v) is 7.01. The van der Waals surface area contributed by atoms with Gasteiger partial charge in [0, 0.05) is 6.04 Å². The zero-order chi connectivity index (χ0) is 12.3. The number of aryl methyl sites for hydroxylation is 1. The van der Waals surface area contributed by atoms with Crippen LogP contribution in [0.5, 0.6) is 0 Å². The highest BCUT2D eigenvalue weighted by Crippen LogP contribution is 2.33. The summed E-state index contributed by atoms with van der Waals surface area (Å²) in [6.07, 6.45) is 6.34. The molecule has 0 saturated heterocycles. The second kappa shape index (κ2) is 5.68. The van der Waals surface area contributed by atoms with Crippen molar-refractivity contribution in [1.29, 1.82) is 0 Å². The van der Waals surface area contributed by atoms with Gasteiger partial charge in [-0.05, 0) is 55.1 Å². The molecular weight excluding hydrogens is 206 g/mol. The Morgan fingerprint density at radius 1 is 1.18 bits per heavy atom. The largest absolute Gasteiger partial charge is 0.327 e. The Bertz CT molecular complexity index is 335. The van der Waals surface area contributed by atoms with Gasteiger partial charge in [-0.3, -0.25) is 0 Å². The molecule has 17 heavy (non-hydrogen) atoms. The average molecular weight is 231 g/mol. The summed E-state index contributed by atoms with van der Waals surface area (Å²) in [5.41, 5.74) is 9.00. The highest BCUT2D eigenvalue weighted by Gasteiger charge is 2.27. The van der Waals surface area contributed by atoms with Crippen molar-refractivity contribution in [1.82, 2.24) is 0 Å². The van der Waals surface area contributed by atoms with Crippen LogP contribution in [0.2, 0.25) is 0 Å². The van der Waals surface area contributed by atoms with E-state index in [0.717, 1.165) is 5.92 Å². The van der Waals surface area contributed by atoms with Crippen LogP contribution in [0.3, 0.4) is 0 Å². The predicted molar refractivity (Wildman–Crippen MR) is 74.2 cm³/mol. The minimum atomic E-state index is 0.463. The molecule has 1 aromatic carbocycles. The molecule has 2 N–H and O–H groups in total. The fourth-order valence-corrected chi connectivity index (χ4v) is 2.37. The summed E-state index contributed by atoms with van der Waals surface area (Å²) in [7, 11) is 0. The molecule has 1 saturated carbocycles. The average Bonchev–Trinajstić information content (AvgIpc) is 3.13. The Balaban J connectivity index is 1.74. The third-order valence-corrected chi connectivity index (χ3v) is 3.88. The molecule has 0 bridgehead atoms. The van der Waals surface area contributed by atoms with Crippen LogP contribution in [0.1, 0.15) is 56.6 Å². The van der Waals surface area contributed by atoms with E-state index in [1.165, 1.54) is 43.2 Å². The van der Waals surface area contributed by atoms with Crippen LogP contribution in [0.15, 0.2) is 24.3 Å². The highest BCUT2D eigenvalue weighted by atomic mass is 14.7. The summed E-state index contributed by atoms with van der Waals surface area (Å²) < 4.78 is 0. The van der Waals surface area contributed by atoms with Crippen molar-refractivity contribution in [2.75, 3.05) is 0 Å². The molecule has 1 aromatic rings. The lowest BCUT2D eigenvalue weighted by molar-refractivity contribution is 0.528. The SMILES string of the molecule is CC(C)c1ccc(CCCC(N)C2CC2)cc1. The van der Waals surface area contributed by atoms with Gasteiger partial charge >= 0.3 is 0 Å². The first-order valence-electron chi connectivity index (χ1n) is 7.01. The third-order valence-electron chi connectivity index (χ3n) is 3.88. The van der Waals surface area contributed by atoms with E-state index in [4.69, 9.17) is 5.73 Å². The minimum absolute atomic E-state index is 0.463. The molecule has 1 nitrogen and oxygen atoms in total. The Morgan fingerprint density at radius 3 is 2.35 bits per heavy atom. The molecular formula is C16H25N. The summed E-state index contributed by atoms with van der Waals surface area (Å²) in [5.74, 6) is 1.48. The van der Waals surface area contributed by atoms with Crippen LogP contribution in [-0.2, 0) is 6.42 Å². The van der Waals surface area contributed by atoms with Gasteiger partial charge in [-0.15, -0.1) is 0 Å². The lowest BCUT2D eigenvalue weighted by Gasteiger charge is -2.10. The summed E-state index contributed by atoms with van der Waals surface area (Å²) in [6, 6.07) is 9.54. The van der Waals surface area contributed by atoms with E-state index in [1.807, 2.05) is 0 Å². The number of rotatable bonds is 6.